The fourth-order valence-corrected chi connectivity index (χ4v) is 2.44. The van der Waals surface area contributed by atoms with Crippen LogP contribution < -0.4 is 15.4 Å². The molecular weight excluding hydrogens is 292 g/mol. The van der Waals surface area contributed by atoms with Crippen LogP contribution >= 0.6 is 12.4 Å². The zero-order valence-corrected chi connectivity index (χ0v) is 13.2. The number of benzene rings is 1. The highest BCUT2D eigenvalue weighted by Gasteiger charge is 2.28. The molecular formula is C15H23ClN2O3. The van der Waals surface area contributed by atoms with Gasteiger partial charge in [0.2, 0.25) is 5.91 Å². The van der Waals surface area contributed by atoms with Gasteiger partial charge in [-0.1, -0.05) is 18.2 Å². The number of rotatable bonds is 6. The molecule has 0 unspecified atom stereocenters. The summed E-state index contributed by atoms with van der Waals surface area (Å²) in [6.45, 7) is 1.34. The second-order valence-corrected chi connectivity index (χ2v) is 4.91. The van der Waals surface area contributed by atoms with E-state index in [2.05, 4.69) is 10.6 Å². The van der Waals surface area contributed by atoms with Gasteiger partial charge in [0, 0.05) is 20.2 Å². The van der Waals surface area contributed by atoms with E-state index in [0.717, 1.165) is 30.7 Å². The smallest absolute Gasteiger partial charge is 0.237 e. The molecule has 1 aliphatic rings. The van der Waals surface area contributed by atoms with Crippen LogP contribution in [0.15, 0.2) is 24.3 Å². The first-order valence-corrected chi connectivity index (χ1v) is 6.90. The maximum Gasteiger partial charge on any atom is 0.237 e. The van der Waals surface area contributed by atoms with Crippen LogP contribution in [0.25, 0.3) is 0 Å². The number of methoxy groups -OCH3 is 2. The lowest BCUT2D eigenvalue weighted by Crippen LogP contribution is -2.41. The van der Waals surface area contributed by atoms with Crippen molar-refractivity contribution < 1.29 is 14.3 Å². The molecule has 2 atom stereocenters. The number of hydrogen-bond acceptors (Lipinski definition) is 4. The van der Waals surface area contributed by atoms with Gasteiger partial charge in [0.15, 0.2) is 0 Å². The molecule has 0 saturated carbocycles. The molecule has 0 spiro atoms. The van der Waals surface area contributed by atoms with E-state index in [4.69, 9.17) is 9.47 Å². The van der Waals surface area contributed by atoms with Crippen LogP contribution in [0.4, 0.5) is 0 Å². The van der Waals surface area contributed by atoms with Crippen LogP contribution in [0.5, 0.6) is 5.75 Å². The summed E-state index contributed by atoms with van der Waals surface area (Å²) < 4.78 is 10.5. The predicted octanol–water partition coefficient (Wildman–Crippen LogP) is 1.15. The third-order valence-electron chi connectivity index (χ3n) is 3.63. The Morgan fingerprint density at radius 3 is 2.81 bits per heavy atom. The second-order valence-electron chi connectivity index (χ2n) is 4.91. The number of halogens is 1. The Labute approximate surface area is 131 Å². The SMILES string of the molecule is COc1ccccc1CCNC(=O)[C@@H]1C[C@H](OC)CN1.Cl. The lowest BCUT2D eigenvalue weighted by molar-refractivity contribution is -0.122. The maximum atomic E-state index is 12.0. The summed E-state index contributed by atoms with van der Waals surface area (Å²) in [5, 5.41) is 6.12. The highest BCUT2D eigenvalue weighted by atomic mass is 35.5. The van der Waals surface area contributed by atoms with E-state index in [1.807, 2.05) is 24.3 Å². The van der Waals surface area contributed by atoms with Crippen LogP contribution in [-0.2, 0) is 16.0 Å². The summed E-state index contributed by atoms with van der Waals surface area (Å²) >= 11 is 0. The first-order valence-electron chi connectivity index (χ1n) is 6.90. The van der Waals surface area contributed by atoms with Crippen molar-refractivity contribution in [3.05, 3.63) is 29.8 Å². The average molecular weight is 315 g/mol. The van der Waals surface area contributed by atoms with Gasteiger partial charge in [0.1, 0.15) is 5.75 Å². The number of amides is 1. The van der Waals surface area contributed by atoms with Crippen LogP contribution in [0, 0.1) is 0 Å². The van der Waals surface area contributed by atoms with Crippen molar-refractivity contribution in [3.63, 3.8) is 0 Å². The van der Waals surface area contributed by atoms with E-state index >= 15 is 0 Å². The third kappa shape index (κ3) is 4.88. The molecule has 1 aliphatic heterocycles. The van der Waals surface area contributed by atoms with Gasteiger partial charge in [-0.15, -0.1) is 12.4 Å². The normalized spacial score (nSPS) is 20.7. The third-order valence-corrected chi connectivity index (χ3v) is 3.63. The zero-order valence-electron chi connectivity index (χ0n) is 12.4. The summed E-state index contributed by atoms with van der Waals surface area (Å²) in [6, 6.07) is 7.71. The standard InChI is InChI=1S/C15H22N2O3.ClH/c1-19-12-9-13(17-10-12)15(18)16-8-7-11-5-3-4-6-14(11)20-2;/h3-6,12-13,17H,7-10H2,1-2H3,(H,16,18);1H/t12-,13-;/m0./s1. The molecule has 1 amide bonds. The van der Waals surface area contributed by atoms with E-state index in [1.165, 1.54) is 0 Å². The molecule has 0 aromatic heterocycles. The van der Waals surface area contributed by atoms with Crippen molar-refractivity contribution in [2.45, 2.75) is 25.0 Å². The van der Waals surface area contributed by atoms with E-state index in [9.17, 15) is 4.79 Å². The molecule has 0 radical (unpaired) electrons. The topological polar surface area (TPSA) is 59.6 Å². The van der Waals surface area contributed by atoms with Crippen molar-refractivity contribution in [2.75, 3.05) is 27.3 Å². The quantitative estimate of drug-likeness (QED) is 0.827. The Hall–Kier alpha value is -1.30. The van der Waals surface area contributed by atoms with Crippen molar-refractivity contribution in [1.82, 2.24) is 10.6 Å². The van der Waals surface area contributed by atoms with Gasteiger partial charge in [0.25, 0.3) is 0 Å². The highest BCUT2D eigenvalue weighted by molar-refractivity contribution is 5.85. The molecule has 0 bridgehead atoms. The van der Waals surface area contributed by atoms with Crippen molar-refractivity contribution in [1.29, 1.82) is 0 Å². The number of carbonyl (C=O) groups is 1. The fourth-order valence-electron chi connectivity index (χ4n) is 2.44. The monoisotopic (exact) mass is 314 g/mol. The summed E-state index contributed by atoms with van der Waals surface area (Å²) in [7, 11) is 3.33. The summed E-state index contributed by atoms with van der Waals surface area (Å²) in [4.78, 5) is 12.0. The van der Waals surface area contributed by atoms with E-state index < -0.39 is 0 Å². The van der Waals surface area contributed by atoms with Gasteiger partial charge in [-0.2, -0.15) is 0 Å². The lowest BCUT2D eigenvalue weighted by atomic mass is 10.1. The first-order chi connectivity index (χ1) is 9.74. The molecule has 118 valence electrons. The number of hydrogen-bond donors (Lipinski definition) is 2. The van der Waals surface area contributed by atoms with Crippen molar-refractivity contribution >= 4 is 18.3 Å². The van der Waals surface area contributed by atoms with Gasteiger partial charge in [-0.3, -0.25) is 4.79 Å². The maximum absolute atomic E-state index is 12.0. The minimum atomic E-state index is -0.141. The molecule has 1 aromatic rings. The minimum Gasteiger partial charge on any atom is -0.496 e. The number of carbonyl (C=O) groups excluding carboxylic acids is 1. The number of nitrogens with one attached hydrogen (secondary N) is 2. The van der Waals surface area contributed by atoms with Crippen molar-refractivity contribution in [2.24, 2.45) is 0 Å². The van der Waals surface area contributed by atoms with E-state index in [1.54, 1.807) is 14.2 Å². The summed E-state index contributed by atoms with van der Waals surface area (Å²) in [5.41, 5.74) is 1.10. The predicted molar refractivity (Wildman–Crippen MR) is 84.2 cm³/mol. The molecule has 6 heteroatoms. The van der Waals surface area contributed by atoms with Gasteiger partial charge < -0.3 is 20.1 Å². The van der Waals surface area contributed by atoms with Crippen LogP contribution in [-0.4, -0.2) is 45.4 Å². The van der Waals surface area contributed by atoms with Crippen LogP contribution in [0.2, 0.25) is 0 Å². The van der Waals surface area contributed by atoms with Gasteiger partial charge in [-0.05, 0) is 24.5 Å². The fraction of sp³-hybridized carbons (Fsp3) is 0.533. The van der Waals surface area contributed by atoms with Crippen LogP contribution in [0.3, 0.4) is 0 Å². The highest BCUT2D eigenvalue weighted by Crippen LogP contribution is 2.17. The minimum absolute atomic E-state index is 0. The summed E-state index contributed by atoms with van der Waals surface area (Å²) in [5.74, 6) is 0.902. The van der Waals surface area contributed by atoms with Crippen LogP contribution in [0.1, 0.15) is 12.0 Å². The van der Waals surface area contributed by atoms with Gasteiger partial charge in [0.05, 0.1) is 19.3 Å². The molecule has 2 N–H and O–H groups in total. The largest absolute Gasteiger partial charge is 0.496 e. The Morgan fingerprint density at radius 2 is 2.14 bits per heavy atom. The first kappa shape index (κ1) is 17.8. The average Bonchev–Trinajstić information content (AvgIpc) is 2.96. The number of para-hydroxylation sites is 1. The Balaban J connectivity index is 0.00000220. The Kier molecular flexibility index (Phi) is 7.50. The number of ether oxygens (including phenoxy) is 2. The molecule has 5 nitrogen and oxygen atoms in total. The van der Waals surface area contributed by atoms with E-state index in [-0.39, 0.29) is 30.5 Å². The Bertz CT molecular complexity index is 456. The second kappa shape index (κ2) is 8.87. The molecule has 2 rings (SSSR count). The van der Waals surface area contributed by atoms with Gasteiger partial charge in [-0.25, -0.2) is 0 Å². The molecule has 21 heavy (non-hydrogen) atoms. The Morgan fingerprint density at radius 1 is 1.38 bits per heavy atom. The van der Waals surface area contributed by atoms with Gasteiger partial charge >= 0.3 is 0 Å². The summed E-state index contributed by atoms with van der Waals surface area (Å²) in [6.07, 6.45) is 1.63. The van der Waals surface area contributed by atoms with Crippen molar-refractivity contribution in [3.8, 4) is 5.75 Å². The molecule has 0 aliphatic carbocycles. The molecule has 1 saturated heterocycles. The molecule has 1 heterocycles. The zero-order chi connectivity index (χ0) is 14.4. The lowest BCUT2D eigenvalue weighted by Gasteiger charge is -2.12. The molecule has 1 aromatic carbocycles. The molecule has 1 fully saturated rings. The van der Waals surface area contributed by atoms with E-state index in [0.29, 0.717) is 6.54 Å².